The summed E-state index contributed by atoms with van der Waals surface area (Å²) in [6.07, 6.45) is 1.23. The second-order valence-corrected chi connectivity index (χ2v) is 6.28. The third-order valence-corrected chi connectivity index (χ3v) is 5.10. The molecule has 1 aromatic rings. The standard InChI is InChI=1S/C13H18BrNS/c1-3-12-13(15-4-2)11-7-10(14)6-5-9(11)8-16-12/h5-7,12-13,15H,3-4,8H2,1-2H3. The topological polar surface area (TPSA) is 12.0 Å². The molecule has 1 aromatic carbocycles. The van der Waals surface area contributed by atoms with Crippen LogP contribution in [-0.4, -0.2) is 11.8 Å². The van der Waals surface area contributed by atoms with Gasteiger partial charge in [0.1, 0.15) is 0 Å². The minimum Gasteiger partial charge on any atom is -0.309 e. The fourth-order valence-corrected chi connectivity index (χ4v) is 4.00. The highest BCUT2D eigenvalue weighted by Crippen LogP contribution is 2.40. The van der Waals surface area contributed by atoms with Crippen LogP contribution in [0, 0.1) is 0 Å². The van der Waals surface area contributed by atoms with Crippen LogP contribution in [0.1, 0.15) is 37.4 Å². The lowest BCUT2D eigenvalue weighted by Crippen LogP contribution is -2.33. The van der Waals surface area contributed by atoms with Crippen molar-refractivity contribution in [3.8, 4) is 0 Å². The number of fused-ring (bicyclic) bond motifs is 1. The molecule has 0 amide bonds. The van der Waals surface area contributed by atoms with Crippen molar-refractivity contribution in [1.82, 2.24) is 5.32 Å². The predicted molar refractivity (Wildman–Crippen MR) is 75.9 cm³/mol. The zero-order valence-corrected chi connectivity index (χ0v) is 12.2. The molecular weight excluding hydrogens is 282 g/mol. The van der Waals surface area contributed by atoms with Gasteiger partial charge >= 0.3 is 0 Å². The number of hydrogen-bond donors (Lipinski definition) is 1. The molecule has 0 bridgehead atoms. The highest BCUT2D eigenvalue weighted by Gasteiger charge is 2.28. The van der Waals surface area contributed by atoms with Crippen LogP contribution in [-0.2, 0) is 5.75 Å². The fourth-order valence-electron chi connectivity index (χ4n) is 2.29. The van der Waals surface area contributed by atoms with E-state index in [9.17, 15) is 0 Å². The normalized spacial score (nSPS) is 24.2. The molecule has 0 saturated heterocycles. The first-order chi connectivity index (χ1) is 7.76. The zero-order valence-electron chi connectivity index (χ0n) is 9.79. The van der Waals surface area contributed by atoms with E-state index in [0.717, 1.165) is 12.3 Å². The Morgan fingerprint density at radius 1 is 1.44 bits per heavy atom. The van der Waals surface area contributed by atoms with Gasteiger partial charge in [-0.25, -0.2) is 0 Å². The predicted octanol–water partition coefficient (Wildman–Crippen LogP) is 4.13. The Balaban J connectivity index is 2.35. The highest BCUT2D eigenvalue weighted by atomic mass is 79.9. The molecule has 1 nitrogen and oxygen atoms in total. The molecule has 0 saturated carbocycles. The van der Waals surface area contributed by atoms with E-state index in [0.29, 0.717) is 11.3 Å². The number of benzene rings is 1. The number of rotatable bonds is 3. The highest BCUT2D eigenvalue weighted by molar-refractivity contribution is 9.10. The SMILES string of the molecule is CCNC1c2cc(Br)ccc2CSC1CC. The molecule has 0 aliphatic carbocycles. The van der Waals surface area contributed by atoms with Gasteiger partial charge in [-0.15, -0.1) is 0 Å². The van der Waals surface area contributed by atoms with Gasteiger partial charge in [-0.1, -0.05) is 35.8 Å². The van der Waals surface area contributed by atoms with Gasteiger partial charge in [0.2, 0.25) is 0 Å². The summed E-state index contributed by atoms with van der Waals surface area (Å²) in [5, 5.41) is 4.34. The molecule has 0 spiro atoms. The van der Waals surface area contributed by atoms with E-state index >= 15 is 0 Å². The Morgan fingerprint density at radius 2 is 2.25 bits per heavy atom. The van der Waals surface area contributed by atoms with E-state index in [1.54, 1.807) is 0 Å². The van der Waals surface area contributed by atoms with E-state index in [1.165, 1.54) is 22.0 Å². The molecule has 1 N–H and O–H groups in total. The molecule has 0 aromatic heterocycles. The Labute approximate surface area is 111 Å². The van der Waals surface area contributed by atoms with Crippen molar-refractivity contribution < 1.29 is 0 Å². The second-order valence-electron chi connectivity index (χ2n) is 4.14. The number of halogens is 1. The molecule has 1 heterocycles. The smallest absolute Gasteiger partial charge is 0.0443 e. The van der Waals surface area contributed by atoms with Crippen LogP contribution in [0.3, 0.4) is 0 Å². The van der Waals surface area contributed by atoms with Crippen LogP contribution in [0.4, 0.5) is 0 Å². The molecule has 1 aliphatic heterocycles. The largest absolute Gasteiger partial charge is 0.309 e. The maximum absolute atomic E-state index is 3.63. The fraction of sp³-hybridized carbons (Fsp3) is 0.538. The summed E-state index contributed by atoms with van der Waals surface area (Å²) in [7, 11) is 0. The quantitative estimate of drug-likeness (QED) is 0.901. The van der Waals surface area contributed by atoms with Gasteiger partial charge in [0.05, 0.1) is 0 Å². The lowest BCUT2D eigenvalue weighted by atomic mass is 9.96. The van der Waals surface area contributed by atoms with Crippen LogP contribution in [0.2, 0.25) is 0 Å². The van der Waals surface area contributed by atoms with Gasteiger partial charge < -0.3 is 5.32 Å². The molecule has 2 atom stereocenters. The molecule has 2 rings (SSSR count). The van der Waals surface area contributed by atoms with Crippen LogP contribution >= 0.6 is 27.7 Å². The lowest BCUT2D eigenvalue weighted by Gasteiger charge is -2.33. The lowest BCUT2D eigenvalue weighted by molar-refractivity contribution is 0.513. The summed E-state index contributed by atoms with van der Waals surface area (Å²) in [5.74, 6) is 1.16. The number of nitrogens with one attached hydrogen (secondary N) is 1. The van der Waals surface area contributed by atoms with Crippen molar-refractivity contribution >= 4 is 27.7 Å². The Bertz CT molecular complexity index is 367. The van der Waals surface area contributed by atoms with Crippen LogP contribution in [0.5, 0.6) is 0 Å². The van der Waals surface area contributed by atoms with E-state index in [-0.39, 0.29) is 0 Å². The van der Waals surface area contributed by atoms with Crippen molar-refractivity contribution in [3.63, 3.8) is 0 Å². The van der Waals surface area contributed by atoms with Gasteiger partial charge in [0.25, 0.3) is 0 Å². The minimum absolute atomic E-state index is 0.515. The van der Waals surface area contributed by atoms with Gasteiger partial charge in [0, 0.05) is 21.5 Å². The maximum Gasteiger partial charge on any atom is 0.0443 e. The molecule has 2 unspecified atom stereocenters. The molecule has 3 heteroatoms. The van der Waals surface area contributed by atoms with Crippen molar-refractivity contribution in [2.24, 2.45) is 0 Å². The summed E-state index contributed by atoms with van der Waals surface area (Å²) in [6.45, 7) is 5.50. The molecule has 88 valence electrons. The Hall–Kier alpha value is 0.01000. The average Bonchev–Trinajstić information content (AvgIpc) is 2.30. The van der Waals surface area contributed by atoms with E-state index in [1.807, 2.05) is 0 Å². The Kier molecular flexibility index (Phi) is 4.34. The second kappa shape index (κ2) is 5.56. The molecule has 0 fully saturated rings. The summed E-state index contributed by atoms with van der Waals surface area (Å²) in [6, 6.07) is 7.20. The number of hydrogen-bond acceptors (Lipinski definition) is 2. The van der Waals surface area contributed by atoms with E-state index in [4.69, 9.17) is 0 Å². The van der Waals surface area contributed by atoms with E-state index in [2.05, 4.69) is 65.1 Å². The van der Waals surface area contributed by atoms with Crippen LogP contribution in [0.25, 0.3) is 0 Å². The summed E-state index contributed by atoms with van der Waals surface area (Å²) < 4.78 is 1.19. The monoisotopic (exact) mass is 299 g/mol. The average molecular weight is 300 g/mol. The third-order valence-electron chi connectivity index (χ3n) is 3.09. The summed E-state index contributed by atoms with van der Waals surface area (Å²) in [4.78, 5) is 0. The molecule has 16 heavy (non-hydrogen) atoms. The minimum atomic E-state index is 0.515. The first-order valence-electron chi connectivity index (χ1n) is 5.89. The molecular formula is C13H18BrNS. The van der Waals surface area contributed by atoms with Gasteiger partial charge in [0.15, 0.2) is 0 Å². The zero-order chi connectivity index (χ0) is 11.5. The van der Waals surface area contributed by atoms with Gasteiger partial charge in [-0.2, -0.15) is 11.8 Å². The van der Waals surface area contributed by atoms with Gasteiger partial charge in [-0.3, -0.25) is 0 Å². The molecule has 1 aliphatic rings. The van der Waals surface area contributed by atoms with Crippen LogP contribution in [0.15, 0.2) is 22.7 Å². The van der Waals surface area contributed by atoms with Crippen LogP contribution < -0.4 is 5.32 Å². The van der Waals surface area contributed by atoms with Gasteiger partial charge in [-0.05, 0) is 36.2 Å². The summed E-state index contributed by atoms with van der Waals surface area (Å²) >= 11 is 5.66. The van der Waals surface area contributed by atoms with E-state index < -0.39 is 0 Å². The molecule has 0 radical (unpaired) electrons. The van der Waals surface area contributed by atoms with Crippen molar-refractivity contribution in [1.29, 1.82) is 0 Å². The third kappa shape index (κ3) is 2.47. The van der Waals surface area contributed by atoms with Crippen molar-refractivity contribution in [2.75, 3.05) is 6.54 Å². The van der Waals surface area contributed by atoms with Crippen molar-refractivity contribution in [2.45, 2.75) is 37.3 Å². The summed E-state index contributed by atoms with van der Waals surface area (Å²) in [5.41, 5.74) is 2.98. The Morgan fingerprint density at radius 3 is 2.94 bits per heavy atom. The van der Waals surface area contributed by atoms with Crippen molar-refractivity contribution in [3.05, 3.63) is 33.8 Å². The maximum atomic E-state index is 3.63. The first kappa shape index (κ1) is 12.5. The first-order valence-corrected chi connectivity index (χ1v) is 7.73. The number of thioether (sulfide) groups is 1.